The van der Waals surface area contributed by atoms with E-state index in [2.05, 4.69) is 22.4 Å². The molecule has 2 amide bonds. The monoisotopic (exact) mass is 275 g/mol. The molecule has 0 spiro atoms. The summed E-state index contributed by atoms with van der Waals surface area (Å²) in [5.74, 6) is -0.337. The fraction of sp³-hybridized carbons (Fsp3) is 0.154. The molecule has 2 rings (SSSR count). The van der Waals surface area contributed by atoms with Gasteiger partial charge in [0.2, 0.25) is 6.79 Å². The highest BCUT2D eigenvalue weighted by atomic mass is 16.7. The number of ether oxygens (including phenoxy) is 2. The van der Waals surface area contributed by atoms with Crippen LogP contribution in [0.25, 0.3) is 0 Å². The number of nitrogens with zero attached hydrogens (tertiary/aromatic N) is 1. The van der Waals surface area contributed by atoms with E-state index in [9.17, 15) is 9.59 Å². The van der Waals surface area contributed by atoms with Gasteiger partial charge in [0.05, 0.1) is 6.21 Å². The molecule has 7 heteroatoms. The van der Waals surface area contributed by atoms with Crippen LogP contribution in [0.4, 0.5) is 0 Å². The standard InChI is InChI=1S/C13H13N3O4/c1-2-5-14-12(17)13(18)16-15-7-9-3-4-10-11(6-9)20-8-19-10/h2-4,6-7H,1,5,8H2,(H,14,17)(H,16,18)/b15-7+. The Morgan fingerprint density at radius 3 is 2.90 bits per heavy atom. The van der Waals surface area contributed by atoms with E-state index in [4.69, 9.17) is 9.47 Å². The highest BCUT2D eigenvalue weighted by molar-refractivity contribution is 6.35. The van der Waals surface area contributed by atoms with Crippen LogP contribution in [0, 0.1) is 0 Å². The molecule has 0 saturated carbocycles. The molecule has 1 aromatic rings. The van der Waals surface area contributed by atoms with Crippen LogP contribution in [0.5, 0.6) is 11.5 Å². The topological polar surface area (TPSA) is 89.0 Å². The Balaban J connectivity index is 1.88. The maximum Gasteiger partial charge on any atom is 0.329 e. The lowest BCUT2D eigenvalue weighted by atomic mass is 10.2. The average molecular weight is 275 g/mol. The third-order valence-electron chi connectivity index (χ3n) is 2.39. The van der Waals surface area contributed by atoms with E-state index < -0.39 is 11.8 Å². The average Bonchev–Trinajstić information content (AvgIpc) is 2.92. The largest absolute Gasteiger partial charge is 0.454 e. The van der Waals surface area contributed by atoms with Gasteiger partial charge in [0, 0.05) is 6.54 Å². The summed E-state index contributed by atoms with van der Waals surface area (Å²) in [4.78, 5) is 22.5. The Hall–Kier alpha value is -2.83. The molecule has 0 saturated heterocycles. The van der Waals surface area contributed by atoms with Gasteiger partial charge in [-0.15, -0.1) is 6.58 Å². The zero-order chi connectivity index (χ0) is 14.4. The van der Waals surface area contributed by atoms with E-state index in [1.165, 1.54) is 12.3 Å². The van der Waals surface area contributed by atoms with Gasteiger partial charge in [0.1, 0.15) is 0 Å². The van der Waals surface area contributed by atoms with Crippen LogP contribution in [0.15, 0.2) is 36.0 Å². The van der Waals surface area contributed by atoms with Gasteiger partial charge in [-0.05, 0) is 23.8 Å². The smallest absolute Gasteiger partial charge is 0.329 e. The van der Waals surface area contributed by atoms with Crippen LogP contribution in [0.2, 0.25) is 0 Å². The van der Waals surface area contributed by atoms with E-state index in [0.29, 0.717) is 17.1 Å². The fourth-order valence-corrected chi connectivity index (χ4v) is 1.45. The van der Waals surface area contributed by atoms with Crippen molar-refractivity contribution in [2.75, 3.05) is 13.3 Å². The highest BCUT2D eigenvalue weighted by Crippen LogP contribution is 2.31. The van der Waals surface area contributed by atoms with Gasteiger partial charge < -0.3 is 14.8 Å². The molecule has 2 N–H and O–H groups in total. The molecule has 1 heterocycles. The van der Waals surface area contributed by atoms with Gasteiger partial charge in [-0.3, -0.25) is 9.59 Å². The maximum absolute atomic E-state index is 11.3. The molecule has 0 fully saturated rings. The Kier molecular flexibility index (Phi) is 4.33. The van der Waals surface area contributed by atoms with Gasteiger partial charge in [-0.2, -0.15) is 5.10 Å². The van der Waals surface area contributed by atoms with Crippen molar-refractivity contribution in [1.29, 1.82) is 0 Å². The predicted molar refractivity (Wildman–Crippen MR) is 71.5 cm³/mol. The lowest BCUT2D eigenvalue weighted by Gasteiger charge is -2.00. The van der Waals surface area contributed by atoms with Crippen molar-refractivity contribution < 1.29 is 19.1 Å². The van der Waals surface area contributed by atoms with Gasteiger partial charge in [-0.25, -0.2) is 5.43 Å². The summed E-state index contributed by atoms with van der Waals surface area (Å²) in [5, 5.41) is 6.02. The van der Waals surface area contributed by atoms with Crippen molar-refractivity contribution in [3.8, 4) is 11.5 Å². The molecular formula is C13H13N3O4. The third kappa shape index (κ3) is 3.35. The second-order valence-corrected chi connectivity index (χ2v) is 3.81. The van der Waals surface area contributed by atoms with E-state index in [1.54, 1.807) is 18.2 Å². The number of hydrogen-bond acceptors (Lipinski definition) is 5. The first-order chi connectivity index (χ1) is 9.70. The molecule has 0 aliphatic carbocycles. The lowest BCUT2D eigenvalue weighted by Crippen LogP contribution is -2.37. The van der Waals surface area contributed by atoms with Crippen LogP contribution in [0.3, 0.4) is 0 Å². The molecule has 0 aromatic heterocycles. The van der Waals surface area contributed by atoms with Crippen molar-refractivity contribution in [1.82, 2.24) is 10.7 Å². The number of carbonyl (C=O) groups is 2. The lowest BCUT2D eigenvalue weighted by molar-refractivity contribution is -0.139. The van der Waals surface area contributed by atoms with Gasteiger partial charge in [-0.1, -0.05) is 6.08 Å². The number of nitrogens with one attached hydrogen (secondary N) is 2. The Labute approximate surface area is 115 Å². The third-order valence-corrected chi connectivity index (χ3v) is 2.39. The van der Waals surface area contributed by atoms with Crippen LogP contribution >= 0.6 is 0 Å². The first kappa shape index (κ1) is 13.6. The molecule has 1 aromatic carbocycles. The Morgan fingerprint density at radius 1 is 1.30 bits per heavy atom. The number of amides is 2. The first-order valence-corrected chi connectivity index (χ1v) is 5.82. The minimum Gasteiger partial charge on any atom is -0.454 e. The molecule has 0 unspecified atom stereocenters. The second-order valence-electron chi connectivity index (χ2n) is 3.81. The minimum atomic E-state index is -0.844. The second kappa shape index (κ2) is 6.37. The van der Waals surface area contributed by atoms with Crippen molar-refractivity contribution in [2.45, 2.75) is 0 Å². The van der Waals surface area contributed by atoms with E-state index in [1.807, 2.05) is 0 Å². The number of rotatable bonds is 4. The molecule has 0 radical (unpaired) electrons. The van der Waals surface area contributed by atoms with Crippen molar-refractivity contribution in [3.63, 3.8) is 0 Å². The molecule has 20 heavy (non-hydrogen) atoms. The Bertz CT molecular complexity index is 569. The summed E-state index contributed by atoms with van der Waals surface area (Å²) in [6, 6.07) is 5.21. The predicted octanol–water partition coefficient (Wildman–Crippen LogP) is 0.168. The molecule has 0 bridgehead atoms. The number of benzene rings is 1. The van der Waals surface area contributed by atoms with Crippen LogP contribution in [-0.4, -0.2) is 31.4 Å². The van der Waals surface area contributed by atoms with Crippen molar-refractivity contribution in [3.05, 3.63) is 36.4 Å². The van der Waals surface area contributed by atoms with Crippen molar-refractivity contribution >= 4 is 18.0 Å². The van der Waals surface area contributed by atoms with Crippen LogP contribution < -0.4 is 20.2 Å². The van der Waals surface area contributed by atoms with Gasteiger partial charge in [0.25, 0.3) is 0 Å². The fourth-order valence-electron chi connectivity index (χ4n) is 1.45. The van der Waals surface area contributed by atoms with Crippen LogP contribution in [0.1, 0.15) is 5.56 Å². The normalized spacial score (nSPS) is 12.2. The molecule has 0 atom stereocenters. The number of hydrazone groups is 1. The molecule has 7 nitrogen and oxygen atoms in total. The molecule has 1 aliphatic heterocycles. The van der Waals surface area contributed by atoms with Crippen LogP contribution in [-0.2, 0) is 9.59 Å². The summed E-state index contributed by atoms with van der Waals surface area (Å²) in [6.45, 7) is 3.84. The number of carbonyl (C=O) groups excluding carboxylic acids is 2. The summed E-state index contributed by atoms with van der Waals surface area (Å²) in [5.41, 5.74) is 2.83. The van der Waals surface area contributed by atoms with Gasteiger partial charge in [0.15, 0.2) is 11.5 Å². The molecule has 1 aliphatic rings. The summed E-state index contributed by atoms with van der Waals surface area (Å²) in [7, 11) is 0. The number of fused-ring (bicyclic) bond motifs is 1. The highest BCUT2D eigenvalue weighted by Gasteiger charge is 2.13. The summed E-state index contributed by atoms with van der Waals surface area (Å²) in [6.07, 6.45) is 2.88. The Morgan fingerprint density at radius 2 is 2.10 bits per heavy atom. The maximum atomic E-state index is 11.3. The quantitative estimate of drug-likeness (QED) is 0.355. The first-order valence-electron chi connectivity index (χ1n) is 5.82. The summed E-state index contributed by atoms with van der Waals surface area (Å²) >= 11 is 0. The zero-order valence-corrected chi connectivity index (χ0v) is 10.6. The summed E-state index contributed by atoms with van der Waals surface area (Å²) < 4.78 is 10.4. The molecule has 104 valence electrons. The number of hydrogen-bond donors (Lipinski definition) is 2. The van der Waals surface area contributed by atoms with E-state index in [0.717, 1.165) is 0 Å². The van der Waals surface area contributed by atoms with Crippen molar-refractivity contribution in [2.24, 2.45) is 5.10 Å². The van der Waals surface area contributed by atoms with Gasteiger partial charge >= 0.3 is 11.8 Å². The van der Waals surface area contributed by atoms with E-state index in [-0.39, 0.29) is 13.3 Å². The van der Waals surface area contributed by atoms with E-state index >= 15 is 0 Å². The SMILES string of the molecule is C=CCNC(=O)C(=O)N/N=C/c1ccc2c(c1)OCO2. The minimum absolute atomic E-state index is 0.191. The zero-order valence-electron chi connectivity index (χ0n) is 10.6. The molecular weight excluding hydrogens is 262 g/mol.